The van der Waals surface area contributed by atoms with Crippen molar-refractivity contribution in [1.82, 2.24) is 4.90 Å². The van der Waals surface area contributed by atoms with Crippen LogP contribution in [0.1, 0.15) is 25.7 Å². The minimum absolute atomic E-state index is 0.0842. The van der Waals surface area contributed by atoms with E-state index in [9.17, 15) is 4.79 Å². The lowest BCUT2D eigenvalue weighted by Gasteiger charge is -2.26. The molecule has 18 heavy (non-hydrogen) atoms. The van der Waals surface area contributed by atoms with Crippen LogP contribution < -0.4 is 0 Å². The SMILES string of the molecule is O=C(COCCN1CCOCC1)OC1CCCC1. The molecule has 0 bridgehead atoms. The van der Waals surface area contributed by atoms with Gasteiger partial charge in [-0.1, -0.05) is 0 Å². The average molecular weight is 257 g/mol. The largest absolute Gasteiger partial charge is 0.461 e. The van der Waals surface area contributed by atoms with Crippen molar-refractivity contribution < 1.29 is 19.0 Å². The molecule has 0 N–H and O–H groups in total. The third-order valence-electron chi connectivity index (χ3n) is 3.48. The van der Waals surface area contributed by atoms with E-state index in [0.29, 0.717) is 6.61 Å². The van der Waals surface area contributed by atoms with Crippen molar-refractivity contribution in [2.75, 3.05) is 46.1 Å². The molecule has 0 amide bonds. The lowest BCUT2D eigenvalue weighted by Crippen LogP contribution is -2.38. The fraction of sp³-hybridized carbons (Fsp3) is 0.923. The van der Waals surface area contributed by atoms with E-state index in [1.54, 1.807) is 0 Å². The summed E-state index contributed by atoms with van der Waals surface area (Å²) in [7, 11) is 0. The Balaban J connectivity index is 1.47. The molecule has 1 saturated heterocycles. The van der Waals surface area contributed by atoms with Crippen LogP contribution in [0.15, 0.2) is 0 Å². The van der Waals surface area contributed by atoms with Crippen LogP contribution in [0, 0.1) is 0 Å². The molecule has 104 valence electrons. The first-order valence-electron chi connectivity index (χ1n) is 6.92. The molecule has 5 heteroatoms. The predicted molar refractivity (Wildman–Crippen MR) is 66.4 cm³/mol. The third-order valence-corrected chi connectivity index (χ3v) is 3.48. The second-order valence-electron chi connectivity index (χ2n) is 4.90. The molecule has 1 heterocycles. The molecule has 0 spiro atoms. The minimum Gasteiger partial charge on any atom is -0.461 e. The summed E-state index contributed by atoms with van der Waals surface area (Å²) in [5.41, 5.74) is 0. The third kappa shape index (κ3) is 4.92. The summed E-state index contributed by atoms with van der Waals surface area (Å²) in [6.07, 6.45) is 4.52. The maximum atomic E-state index is 11.5. The Hall–Kier alpha value is -0.650. The number of ether oxygens (including phenoxy) is 3. The van der Waals surface area contributed by atoms with Gasteiger partial charge in [-0.25, -0.2) is 4.79 Å². The van der Waals surface area contributed by atoms with Gasteiger partial charge in [-0.2, -0.15) is 0 Å². The summed E-state index contributed by atoms with van der Waals surface area (Å²) >= 11 is 0. The summed E-state index contributed by atoms with van der Waals surface area (Å²) in [6, 6.07) is 0. The molecule has 0 aromatic heterocycles. The van der Waals surface area contributed by atoms with Crippen molar-refractivity contribution in [3.8, 4) is 0 Å². The van der Waals surface area contributed by atoms with E-state index in [-0.39, 0.29) is 18.7 Å². The van der Waals surface area contributed by atoms with Gasteiger partial charge in [0, 0.05) is 19.6 Å². The second-order valence-corrected chi connectivity index (χ2v) is 4.90. The number of esters is 1. The van der Waals surface area contributed by atoms with E-state index in [4.69, 9.17) is 14.2 Å². The van der Waals surface area contributed by atoms with Gasteiger partial charge in [-0.3, -0.25) is 4.90 Å². The molecule has 1 saturated carbocycles. The van der Waals surface area contributed by atoms with Crippen molar-refractivity contribution in [2.45, 2.75) is 31.8 Å². The average Bonchev–Trinajstić information content (AvgIpc) is 2.89. The highest BCUT2D eigenvalue weighted by molar-refractivity contribution is 5.70. The number of nitrogens with zero attached hydrogens (tertiary/aromatic N) is 1. The van der Waals surface area contributed by atoms with Gasteiger partial charge in [-0.15, -0.1) is 0 Å². The van der Waals surface area contributed by atoms with Crippen LogP contribution >= 0.6 is 0 Å². The standard InChI is InChI=1S/C13H23NO4/c15-13(18-12-3-1-2-4-12)11-17-10-7-14-5-8-16-9-6-14/h12H,1-11H2. The van der Waals surface area contributed by atoms with Crippen molar-refractivity contribution in [3.63, 3.8) is 0 Å². The zero-order valence-electron chi connectivity index (χ0n) is 10.9. The Morgan fingerprint density at radius 1 is 1.22 bits per heavy atom. The van der Waals surface area contributed by atoms with Gasteiger partial charge in [0.2, 0.25) is 0 Å². The normalized spacial score (nSPS) is 22.2. The molecule has 1 aliphatic heterocycles. The molecular weight excluding hydrogens is 234 g/mol. The summed E-state index contributed by atoms with van der Waals surface area (Å²) in [5.74, 6) is -0.219. The van der Waals surface area contributed by atoms with E-state index in [0.717, 1.165) is 45.7 Å². The van der Waals surface area contributed by atoms with Crippen molar-refractivity contribution in [1.29, 1.82) is 0 Å². The first-order chi connectivity index (χ1) is 8.84. The number of hydrogen-bond acceptors (Lipinski definition) is 5. The highest BCUT2D eigenvalue weighted by Gasteiger charge is 2.19. The maximum absolute atomic E-state index is 11.5. The van der Waals surface area contributed by atoms with E-state index in [1.165, 1.54) is 12.8 Å². The monoisotopic (exact) mass is 257 g/mol. The summed E-state index contributed by atoms with van der Waals surface area (Å²) < 4.78 is 15.9. The molecule has 0 aromatic carbocycles. The fourth-order valence-corrected chi connectivity index (χ4v) is 2.40. The second kappa shape index (κ2) is 7.71. The highest BCUT2D eigenvalue weighted by Crippen LogP contribution is 2.20. The summed E-state index contributed by atoms with van der Waals surface area (Å²) in [5, 5.41) is 0. The number of rotatable bonds is 6. The van der Waals surface area contributed by atoms with Crippen LogP contribution in [0.3, 0.4) is 0 Å². The number of hydrogen-bond donors (Lipinski definition) is 0. The smallest absolute Gasteiger partial charge is 0.332 e. The van der Waals surface area contributed by atoms with Gasteiger partial charge < -0.3 is 14.2 Å². The van der Waals surface area contributed by atoms with E-state index < -0.39 is 0 Å². The molecule has 0 atom stereocenters. The quantitative estimate of drug-likeness (QED) is 0.521. The van der Waals surface area contributed by atoms with E-state index in [2.05, 4.69) is 4.90 Å². The molecular formula is C13H23NO4. The van der Waals surface area contributed by atoms with Crippen LogP contribution in [0.2, 0.25) is 0 Å². The summed E-state index contributed by atoms with van der Waals surface area (Å²) in [4.78, 5) is 13.8. The Morgan fingerprint density at radius 2 is 1.94 bits per heavy atom. The first-order valence-corrected chi connectivity index (χ1v) is 6.92. The van der Waals surface area contributed by atoms with E-state index >= 15 is 0 Å². The van der Waals surface area contributed by atoms with Gasteiger partial charge in [0.15, 0.2) is 0 Å². The molecule has 5 nitrogen and oxygen atoms in total. The molecule has 0 radical (unpaired) electrons. The van der Waals surface area contributed by atoms with Crippen LogP contribution in [-0.4, -0.2) is 63.0 Å². The van der Waals surface area contributed by atoms with Crippen molar-refractivity contribution >= 4 is 5.97 Å². The van der Waals surface area contributed by atoms with Crippen LogP contribution in [0.5, 0.6) is 0 Å². The molecule has 2 rings (SSSR count). The van der Waals surface area contributed by atoms with Crippen LogP contribution in [-0.2, 0) is 19.0 Å². The molecule has 2 fully saturated rings. The Morgan fingerprint density at radius 3 is 2.67 bits per heavy atom. The lowest BCUT2D eigenvalue weighted by atomic mass is 10.3. The Labute approximate surface area is 108 Å². The lowest BCUT2D eigenvalue weighted by molar-refractivity contribution is -0.154. The Bertz CT molecular complexity index is 247. The number of carbonyl (C=O) groups is 1. The molecule has 0 aromatic rings. The topological polar surface area (TPSA) is 48.0 Å². The highest BCUT2D eigenvalue weighted by atomic mass is 16.6. The number of carbonyl (C=O) groups excluding carboxylic acids is 1. The molecule has 2 aliphatic rings. The van der Waals surface area contributed by atoms with Crippen LogP contribution in [0.25, 0.3) is 0 Å². The minimum atomic E-state index is -0.219. The fourth-order valence-electron chi connectivity index (χ4n) is 2.40. The van der Waals surface area contributed by atoms with Crippen LogP contribution in [0.4, 0.5) is 0 Å². The zero-order valence-corrected chi connectivity index (χ0v) is 10.9. The van der Waals surface area contributed by atoms with E-state index in [1.807, 2.05) is 0 Å². The van der Waals surface area contributed by atoms with Crippen molar-refractivity contribution in [3.05, 3.63) is 0 Å². The van der Waals surface area contributed by atoms with Gasteiger partial charge >= 0.3 is 5.97 Å². The maximum Gasteiger partial charge on any atom is 0.332 e. The van der Waals surface area contributed by atoms with Gasteiger partial charge in [0.25, 0.3) is 0 Å². The molecule has 0 unspecified atom stereocenters. The number of morpholine rings is 1. The Kier molecular flexibility index (Phi) is 5.90. The molecule has 1 aliphatic carbocycles. The first kappa shape index (κ1) is 13.8. The van der Waals surface area contributed by atoms with Crippen molar-refractivity contribution in [2.24, 2.45) is 0 Å². The predicted octanol–water partition coefficient (Wildman–Crippen LogP) is 0.821. The van der Waals surface area contributed by atoms with Gasteiger partial charge in [-0.05, 0) is 25.7 Å². The van der Waals surface area contributed by atoms with Gasteiger partial charge in [0.05, 0.1) is 19.8 Å². The van der Waals surface area contributed by atoms with Gasteiger partial charge in [0.1, 0.15) is 12.7 Å². The summed E-state index contributed by atoms with van der Waals surface area (Å²) in [6.45, 7) is 5.03. The zero-order chi connectivity index (χ0) is 12.6.